The summed E-state index contributed by atoms with van der Waals surface area (Å²) in [6.45, 7) is 19.6. The molecule has 2 amide bonds. The monoisotopic (exact) mass is 609 g/mol. The third-order valence-electron chi connectivity index (χ3n) is 8.60. The lowest BCUT2D eigenvalue weighted by Crippen LogP contribution is -2.55. The quantitative estimate of drug-likeness (QED) is 0.293. The molecule has 9 heteroatoms. The van der Waals surface area contributed by atoms with Crippen molar-refractivity contribution in [3.05, 3.63) is 71.8 Å². The molecule has 2 atom stereocenters. The van der Waals surface area contributed by atoms with Gasteiger partial charge in [0.05, 0.1) is 36.9 Å². The normalized spacial score (nSPS) is 21.2. The molecule has 0 spiro atoms. The van der Waals surface area contributed by atoms with Gasteiger partial charge < -0.3 is 18.9 Å². The van der Waals surface area contributed by atoms with Crippen LogP contribution in [-0.2, 0) is 32.0 Å². The summed E-state index contributed by atoms with van der Waals surface area (Å²) in [4.78, 5) is 32.8. The van der Waals surface area contributed by atoms with E-state index in [9.17, 15) is 9.59 Å². The molecular formula is C35H51N3O6. The van der Waals surface area contributed by atoms with Crippen molar-refractivity contribution in [2.45, 2.75) is 116 Å². The molecule has 9 nitrogen and oxygen atoms in total. The summed E-state index contributed by atoms with van der Waals surface area (Å²) in [5.74, 6) is 0. The fraction of sp³-hybridized carbons (Fsp3) is 0.600. The Morgan fingerprint density at radius 1 is 0.750 bits per heavy atom. The highest BCUT2D eigenvalue weighted by Crippen LogP contribution is 2.37. The van der Waals surface area contributed by atoms with Crippen LogP contribution in [0.3, 0.4) is 0 Å². The molecule has 2 aromatic carbocycles. The van der Waals surface area contributed by atoms with Gasteiger partial charge in [-0.25, -0.2) is 9.59 Å². The Bertz CT molecular complexity index is 1190. The van der Waals surface area contributed by atoms with Gasteiger partial charge in [0.15, 0.2) is 0 Å². The first-order valence-electron chi connectivity index (χ1n) is 15.6. The highest BCUT2D eigenvalue weighted by atomic mass is 16.6. The van der Waals surface area contributed by atoms with Crippen LogP contribution in [0.15, 0.2) is 60.7 Å². The Morgan fingerprint density at radius 2 is 1.18 bits per heavy atom. The van der Waals surface area contributed by atoms with E-state index in [1.807, 2.05) is 98.7 Å². The van der Waals surface area contributed by atoms with E-state index in [0.717, 1.165) is 11.1 Å². The number of carbonyl (C=O) groups is 2. The van der Waals surface area contributed by atoms with E-state index in [-0.39, 0.29) is 12.6 Å². The van der Waals surface area contributed by atoms with Crippen molar-refractivity contribution in [1.82, 2.24) is 14.7 Å². The Morgan fingerprint density at radius 3 is 1.59 bits per heavy atom. The first-order valence-corrected chi connectivity index (χ1v) is 15.6. The largest absolute Gasteiger partial charge is 0.449 e. The highest BCUT2D eigenvalue weighted by Gasteiger charge is 2.51. The number of hydrogen-bond acceptors (Lipinski definition) is 7. The highest BCUT2D eigenvalue weighted by molar-refractivity contribution is 5.70. The zero-order valence-corrected chi connectivity index (χ0v) is 28.0. The molecule has 2 aromatic rings. The number of amides is 2. The second kappa shape index (κ2) is 13.1. The van der Waals surface area contributed by atoms with E-state index in [1.165, 1.54) is 0 Å². The molecule has 0 radical (unpaired) electrons. The Kier molecular flexibility index (Phi) is 10.0. The molecular weight excluding hydrogens is 558 g/mol. The van der Waals surface area contributed by atoms with Crippen molar-refractivity contribution in [3.63, 3.8) is 0 Å². The first-order chi connectivity index (χ1) is 20.5. The fourth-order valence-corrected chi connectivity index (χ4v) is 6.62. The van der Waals surface area contributed by atoms with Crippen LogP contribution in [0.2, 0.25) is 0 Å². The van der Waals surface area contributed by atoms with E-state index in [2.05, 4.69) is 29.2 Å². The Hall–Kier alpha value is -3.14. The summed E-state index contributed by atoms with van der Waals surface area (Å²) < 4.78 is 24.0. The van der Waals surface area contributed by atoms with Crippen molar-refractivity contribution in [2.75, 3.05) is 19.8 Å². The maximum Gasteiger partial charge on any atom is 0.412 e. The molecule has 44 heavy (non-hydrogen) atoms. The summed E-state index contributed by atoms with van der Waals surface area (Å²) in [5.41, 5.74) is -0.305. The molecule has 2 aliphatic rings. The minimum atomic E-state index is -0.795. The maximum absolute atomic E-state index is 13.7. The SMILES string of the molecule is C[C@H](OC(=O)N1C(C)(C)COC1(C)C)[C@H](CCOC(=O)N1C(C)(C)COC1(C)C)N(Cc1ccccc1)Cc1ccccc1. The van der Waals surface area contributed by atoms with Gasteiger partial charge in [-0.05, 0) is 73.4 Å². The van der Waals surface area contributed by atoms with Crippen LogP contribution in [0.1, 0.15) is 79.9 Å². The number of benzene rings is 2. The summed E-state index contributed by atoms with van der Waals surface area (Å²) >= 11 is 0. The molecule has 0 bridgehead atoms. The van der Waals surface area contributed by atoms with Crippen LogP contribution < -0.4 is 0 Å². The second-order valence-electron chi connectivity index (χ2n) is 14.2. The lowest BCUT2D eigenvalue weighted by atomic mass is 10.0. The van der Waals surface area contributed by atoms with Gasteiger partial charge in [-0.2, -0.15) is 0 Å². The Balaban J connectivity index is 1.59. The summed E-state index contributed by atoms with van der Waals surface area (Å²) in [6, 6.07) is 20.2. The van der Waals surface area contributed by atoms with Crippen molar-refractivity contribution in [3.8, 4) is 0 Å². The molecule has 0 saturated carbocycles. The predicted octanol–water partition coefficient (Wildman–Crippen LogP) is 6.80. The van der Waals surface area contributed by atoms with Crippen LogP contribution in [0.5, 0.6) is 0 Å². The maximum atomic E-state index is 13.7. The molecule has 2 heterocycles. The van der Waals surface area contributed by atoms with Crippen LogP contribution in [0, 0.1) is 0 Å². The van der Waals surface area contributed by atoms with Gasteiger partial charge in [0, 0.05) is 19.5 Å². The summed E-state index contributed by atoms with van der Waals surface area (Å²) in [7, 11) is 0. The van der Waals surface area contributed by atoms with Crippen molar-refractivity contribution in [1.29, 1.82) is 0 Å². The topological polar surface area (TPSA) is 80.8 Å². The zero-order valence-electron chi connectivity index (χ0n) is 28.0. The molecule has 2 saturated heterocycles. The lowest BCUT2D eigenvalue weighted by Gasteiger charge is -2.40. The van der Waals surface area contributed by atoms with Crippen molar-refractivity contribution < 1.29 is 28.5 Å². The molecule has 2 fully saturated rings. The number of carbonyl (C=O) groups excluding carboxylic acids is 2. The lowest BCUT2D eigenvalue weighted by molar-refractivity contribution is -0.0688. The molecule has 0 aliphatic carbocycles. The van der Waals surface area contributed by atoms with Crippen LogP contribution in [0.4, 0.5) is 9.59 Å². The van der Waals surface area contributed by atoms with E-state index in [0.29, 0.717) is 32.7 Å². The predicted molar refractivity (Wildman–Crippen MR) is 170 cm³/mol. The van der Waals surface area contributed by atoms with Gasteiger partial charge in [0.25, 0.3) is 0 Å². The number of ether oxygens (including phenoxy) is 4. The summed E-state index contributed by atoms with van der Waals surface area (Å²) in [6.07, 6.45) is -0.914. The van der Waals surface area contributed by atoms with E-state index in [4.69, 9.17) is 18.9 Å². The van der Waals surface area contributed by atoms with E-state index < -0.39 is 40.8 Å². The third kappa shape index (κ3) is 7.73. The smallest absolute Gasteiger partial charge is 0.412 e. The number of rotatable bonds is 10. The van der Waals surface area contributed by atoms with Gasteiger partial charge in [0.1, 0.15) is 17.6 Å². The van der Waals surface area contributed by atoms with Crippen molar-refractivity contribution in [2.24, 2.45) is 0 Å². The molecule has 0 unspecified atom stereocenters. The van der Waals surface area contributed by atoms with Gasteiger partial charge in [-0.1, -0.05) is 60.7 Å². The first kappa shape index (κ1) is 33.7. The molecule has 2 aliphatic heterocycles. The molecule has 4 rings (SSSR count). The van der Waals surface area contributed by atoms with Gasteiger partial charge in [-0.15, -0.1) is 0 Å². The van der Waals surface area contributed by atoms with Gasteiger partial charge >= 0.3 is 12.2 Å². The zero-order chi connectivity index (χ0) is 32.3. The minimum Gasteiger partial charge on any atom is -0.449 e. The molecule has 242 valence electrons. The molecule has 0 aromatic heterocycles. The summed E-state index contributed by atoms with van der Waals surface area (Å²) in [5, 5.41) is 0. The van der Waals surface area contributed by atoms with Crippen molar-refractivity contribution >= 4 is 12.2 Å². The average Bonchev–Trinajstić information content (AvgIpc) is 3.31. The van der Waals surface area contributed by atoms with Gasteiger partial charge in [-0.3, -0.25) is 14.7 Å². The number of nitrogens with zero attached hydrogens (tertiary/aromatic N) is 3. The van der Waals surface area contributed by atoms with Gasteiger partial charge in [0.2, 0.25) is 0 Å². The standard InChI is InChI=1S/C35H51N3O6/c1-26(44-31(40)38-33(4,5)25-43-35(38,8)9)29(20-21-41-30(39)37-32(2,3)24-42-34(37,6)7)36(22-27-16-12-10-13-17-27)23-28-18-14-11-15-19-28/h10-19,26,29H,20-25H2,1-9H3/t26-,29-/m0/s1. The van der Waals surface area contributed by atoms with E-state index in [1.54, 1.807) is 9.80 Å². The van der Waals surface area contributed by atoms with Crippen LogP contribution >= 0.6 is 0 Å². The average molecular weight is 610 g/mol. The van der Waals surface area contributed by atoms with Crippen LogP contribution in [0.25, 0.3) is 0 Å². The Labute approximate surface area is 263 Å². The number of hydrogen-bond donors (Lipinski definition) is 0. The second-order valence-corrected chi connectivity index (χ2v) is 14.2. The minimum absolute atomic E-state index is 0.151. The fourth-order valence-electron chi connectivity index (χ4n) is 6.62. The third-order valence-corrected chi connectivity index (χ3v) is 8.60. The van der Waals surface area contributed by atoms with Crippen LogP contribution in [-0.4, -0.2) is 81.4 Å². The molecule has 0 N–H and O–H groups in total. The van der Waals surface area contributed by atoms with E-state index >= 15 is 0 Å².